The molecule has 1 atom stereocenters. The summed E-state index contributed by atoms with van der Waals surface area (Å²) in [5.41, 5.74) is 10.2. The average Bonchev–Trinajstić information content (AvgIpc) is 3.05. The van der Waals surface area contributed by atoms with Gasteiger partial charge >= 0.3 is 0 Å². The summed E-state index contributed by atoms with van der Waals surface area (Å²) >= 11 is 6.56. The number of ether oxygens (including phenoxy) is 1. The molecule has 2 N–H and O–H groups in total. The molecular formula is C21H26ClN5O2. The standard InChI is InChI=1S/C21H26ClN5O2/c1-6-14(28)7-8-15-11(2)17(22)9-16(19(15)29-5)13(4)27-21-18(12(3)26-27)20(23)24-10-25-21/h9-10,13H,6-8H2,1-5H3,(H2,23,24,25). The summed E-state index contributed by atoms with van der Waals surface area (Å²) in [6, 6.07) is 1.69. The minimum atomic E-state index is -0.214. The highest BCUT2D eigenvalue weighted by Crippen LogP contribution is 2.39. The lowest BCUT2D eigenvalue weighted by molar-refractivity contribution is -0.118. The molecule has 0 aliphatic carbocycles. The van der Waals surface area contributed by atoms with Crippen LogP contribution in [0.5, 0.6) is 5.75 Å². The first-order valence-corrected chi connectivity index (χ1v) is 10.0. The van der Waals surface area contributed by atoms with E-state index in [1.807, 2.05) is 38.4 Å². The first kappa shape index (κ1) is 21.0. The lowest BCUT2D eigenvalue weighted by Gasteiger charge is -2.22. The van der Waals surface area contributed by atoms with Gasteiger partial charge < -0.3 is 10.5 Å². The summed E-state index contributed by atoms with van der Waals surface area (Å²) < 4.78 is 7.61. The molecule has 0 radical (unpaired) electrons. The van der Waals surface area contributed by atoms with Crippen LogP contribution in [-0.2, 0) is 11.2 Å². The van der Waals surface area contributed by atoms with Crippen LogP contribution >= 0.6 is 11.6 Å². The van der Waals surface area contributed by atoms with Crippen LogP contribution in [0.25, 0.3) is 11.0 Å². The monoisotopic (exact) mass is 415 g/mol. The molecule has 3 aromatic rings. The predicted molar refractivity (Wildman–Crippen MR) is 115 cm³/mol. The summed E-state index contributed by atoms with van der Waals surface area (Å²) in [5, 5.41) is 6.03. The van der Waals surface area contributed by atoms with Crippen molar-refractivity contribution in [1.29, 1.82) is 0 Å². The molecule has 1 unspecified atom stereocenters. The number of ketones is 1. The van der Waals surface area contributed by atoms with E-state index >= 15 is 0 Å². The molecule has 0 aliphatic rings. The van der Waals surface area contributed by atoms with Crippen molar-refractivity contribution in [3.8, 4) is 5.75 Å². The number of anilines is 1. The largest absolute Gasteiger partial charge is 0.496 e. The summed E-state index contributed by atoms with van der Waals surface area (Å²) in [7, 11) is 1.64. The Kier molecular flexibility index (Phi) is 6.07. The second kappa shape index (κ2) is 8.37. The molecule has 29 heavy (non-hydrogen) atoms. The maximum atomic E-state index is 11.9. The maximum Gasteiger partial charge on any atom is 0.164 e. The molecule has 3 rings (SSSR count). The number of aryl methyl sites for hydroxylation is 1. The molecule has 1 aromatic carbocycles. The number of benzene rings is 1. The third-order valence-electron chi connectivity index (χ3n) is 5.39. The minimum Gasteiger partial charge on any atom is -0.496 e. The molecule has 0 saturated heterocycles. The fourth-order valence-corrected chi connectivity index (χ4v) is 3.90. The van der Waals surface area contributed by atoms with Crippen LogP contribution in [0.1, 0.15) is 55.1 Å². The number of methoxy groups -OCH3 is 1. The van der Waals surface area contributed by atoms with Crippen molar-refractivity contribution in [2.75, 3.05) is 12.8 Å². The highest BCUT2D eigenvalue weighted by Gasteiger charge is 2.24. The highest BCUT2D eigenvalue weighted by atomic mass is 35.5. The van der Waals surface area contributed by atoms with Gasteiger partial charge in [0.15, 0.2) is 5.65 Å². The smallest absolute Gasteiger partial charge is 0.164 e. The van der Waals surface area contributed by atoms with Crippen molar-refractivity contribution in [3.63, 3.8) is 0 Å². The molecule has 0 saturated carbocycles. The molecule has 0 spiro atoms. The number of Topliss-reactive ketones (excluding diaryl/α,β-unsaturated/α-hetero) is 1. The van der Waals surface area contributed by atoms with Crippen molar-refractivity contribution < 1.29 is 9.53 Å². The van der Waals surface area contributed by atoms with Crippen molar-refractivity contribution in [2.45, 2.75) is 53.0 Å². The van der Waals surface area contributed by atoms with Crippen LogP contribution < -0.4 is 10.5 Å². The molecule has 0 bridgehead atoms. The zero-order valence-corrected chi connectivity index (χ0v) is 18.2. The number of hydrogen-bond acceptors (Lipinski definition) is 6. The summed E-state index contributed by atoms with van der Waals surface area (Å²) in [5.74, 6) is 1.34. The summed E-state index contributed by atoms with van der Waals surface area (Å²) in [4.78, 5) is 20.3. The number of fused-ring (bicyclic) bond motifs is 1. The topological polar surface area (TPSA) is 95.9 Å². The number of nitrogens with zero attached hydrogens (tertiary/aromatic N) is 4. The van der Waals surface area contributed by atoms with E-state index in [1.165, 1.54) is 6.33 Å². The molecule has 8 heteroatoms. The lowest BCUT2D eigenvalue weighted by atomic mass is 9.95. The first-order valence-electron chi connectivity index (χ1n) is 9.62. The lowest BCUT2D eigenvalue weighted by Crippen LogP contribution is -2.13. The van der Waals surface area contributed by atoms with E-state index in [0.717, 1.165) is 33.5 Å². The van der Waals surface area contributed by atoms with Gasteiger partial charge in [-0.15, -0.1) is 0 Å². The first-order chi connectivity index (χ1) is 13.8. The zero-order chi connectivity index (χ0) is 21.3. The van der Waals surface area contributed by atoms with Gasteiger partial charge in [0.2, 0.25) is 0 Å². The number of nitrogen functional groups attached to an aromatic ring is 1. The fourth-order valence-electron chi connectivity index (χ4n) is 3.66. The van der Waals surface area contributed by atoms with Gasteiger partial charge in [-0.25, -0.2) is 14.6 Å². The number of halogens is 1. The summed E-state index contributed by atoms with van der Waals surface area (Å²) in [6.45, 7) is 7.71. The quantitative estimate of drug-likeness (QED) is 0.620. The van der Waals surface area contributed by atoms with Crippen LogP contribution in [0.2, 0.25) is 5.02 Å². The van der Waals surface area contributed by atoms with Gasteiger partial charge in [0.1, 0.15) is 23.7 Å². The average molecular weight is 416 g/mol. The van der Waals surface area contributed by atoms with Gasteiger partial charge in [0.25, 0.3) is 0 Å². The van der Waals surface area contributed by atoms with Gasteiger partial charge in [-0.2, -0.15) is 5.10 Å². The molecule has 2 heterocycles. The molecule has 154 valence electrons. The normalized spacial score (nSPS) is 12.3. The van der Waals surface area contributed by atoms with Crippen molar-refractivity contribution >= 4 is 34.2 Å². The van der Waals surface area contributed by atoms with E-state index in [4.69, 9.17) is 22.1 Å². The number of carbonyl (C=O) groups excluding carboxylic acids is 1. The van der Waals surface area contributed by atoms with E-state index in [1.54, 1.807) is 7.11 Å². The van der Waals surface area contributed by atoms with E-state index < -0.39 is 0 Å². The van der Waals surface area contributed by atoms with E-state index in [9.17, 15) is 4.79 Å². The van der Waals surface area contributed by atoms with Crippen LogP contribution in [0.3, 0.4) is 0 Å². The second-order valence-corrected chi connectivity index (χ2v) is 7.55. The van der Waals surface area contributed by atoms with Crippen LogP contribution in [0.4, 0.5) is 5.82 Å². The number of rotatable bonds is 7. The SMILES string of the molecule is CCC(=O)CCc1c(C)c(Cl)cc(C(C)n2nc(C)c3c(N)ncnc32)c1OC. The Balaban J connectivity index is 2.14. The van der Waals surface area contributed by atoms with Crippen LogP contribution in [0, 0.1) is 13.8 Å². The second-order valence-electron chi connectivity index (χ2n) is 7.14. The van der Waals surface area contributed by atoms with Crippen LogP contribution in [-0.4, -0.2) is 32.6 Å². The molecule has 0 aliphatic heterocycles. The minimum absolute atomic E-state index is 0.210. The molecule has 7 nitrogen and oxygen atoms in total. The Morgan fingerprint density at radius 1 is 1.34 bits per heavy atom. The van der Waals surface area contributed by atoms with Crippen molar-refractivity contribution in [1.82, 2.24) is 19.7 Å². The fraction of sp³-hybridized carbons (Fsp3) is 0.429. The highest BCUT2D eigenvalue weighted by molar-refractivity contribution is 6.31. The molecule has 0 fully saturated rings. The summed E-state index contributed by atoms with van der Waals surface area (Å²) in [6.07, 6.45) is 2.99. The Morgan fingerprint density at radius 2 is 2.07 bits per heavy atom. The van der Waals surface area contributed by atoms with Gasteiger partial charge in [0, 0.05) is 23.4 Å². The van der Waals surface area contributed by atoms with Gasteiger partial charge in [0.05, 0.1) is 24.2 Å². The third kappa shape index (κ3) is 3.79. The Morgan fingerprint density at radius 3 is 2.72 bits per heavy atom. The van der Waals surface area contributed by atoms with Crippen LogP contribution in [0.15, 0.2) is 12.4 Å². The zero-order valence-electron chi connectivity index (χ0n) is 17.4. The van der Waals surface area contributed by atoms with Gasteiger partial charge in [-0.05, 0) is 44.4 Å². The Labute approximate surface area is 175 Å². The number of hydrogen-bond donors (Lipinski definition) is 1. The predicted octanol–water partition coefficient (Wildman–Crippen LogP) is 4.21. The maximum absolute atomic E-state index is 11.9. The molecule has 2 aromatic heterocycles. The number of carbonyl (C=O) groups is 1. The Hall–Kier alpha value is -2.67. The van der Waals surface area contributed by atoms with Gasteiger partial charge in [-0.1, -0.05) is 18.5 Å². The third-order valence-corrected chi connectivity index (χ3v) is 5.78. The van der Waals surface area contributed by atoms with E-state index in [-0.39, 0.29) is 11.8 Å². The Bertz CT molecular complexity index is 1080. The molecular weight excluding hydrogens is 390 g/mol. The number of aromatic nitrogens is 4. The number of nitrogens with two attached hydrogens (primary N) is 1. The van der Waals surface area contributed by atoms with E-state index in [2.05, 4.69) is 15.1 Å². The molecule has 0 amide bonds. The van der Waals surface area contributed by atoms with E-state index in [0.29, 0.717) is 35.8 Å². The van der Waals surface area contributed by atoms with Gasteiger partial charge in [-0.3, -0.25) is 4.79 Å². The van der Waals surface area contributed by atoms with Crippen molar-refractivity contribution in [2.24, 2.45) is 0 Å². The van der Waals surface area contributed by atoms with Crippen molar-refractivity contribution in [3.05, 3.63) is 39.8 Å².